The molecule has 8 heteroatoms. The van der Waals surface area contributed by atoms with Gasteiger partial charge in [-0.15, -0.1) is 5.10 Å². The van der Waals surface area contributed by atoms with Gasteiger partial charge >= 0.3 is 6.72 Å². The van der Waals surface area contributed by atoms with Crippen LogP contribution in [0.25, 0.3) is 0 Å². The summed E-state index contributed by atoms with van der Waals surface area (Å²) in [5.41, 5.74) is 0. The van der Waals surface area contributed by atoms with Crippen LogP contribution in [0.5, 0.6) is 0 Å². The van der Waals surface area contributed by atoms with Gasteiger partial charge in [0.25, 0.3) is 0 Å². The first kappa shape index (κ1) is 13.1. The number of nitrogens with zero attached hydrogens (tertiary/aromatic N) is 2. The molecule has 0 N–H and O–H groups in total. The minimum absolute atomic E-state index is 0.444. The molecule has 5 nitrogen and oxygen atoms in total. The summed E-state index contributed by atoms with van der Waals surface area (Å²) < 4.78 is 16.7. The van der Waals surface area contributed by atoms with Crippen molar-refractivity contribution in [1.82, 2.24) is 9.94 Å². The molecule has 0 spiro atoms. The van der Waals surface area contributed by atoms with E-state index in [1.165, 1.54) is 4.85 Å². The Kier molecular flexibility index (Phi) is 5.22. The molecule has 0 aliphatic carbocycles. The normalized spacial score (nSPS) is 11.7. The van der Waals surface area contributed by atoms with Gasteiger partial charge in [0.2, 0.25) is 0 Å². The number of hydrogen-bond donors (Lipinski definition) is 0. The largest absolute Gasteiger partial charge is 0.402 e. The third-order valence-corrected chi connectivity index (χ3v) is 4.04. The first-order chi connectivity index (χ1) is 7.09. The van der Waals surface area contributed by atoms with E-state index in [0.29, 0.717) is 13.2 Å². The number of halogens is 1. The molecule has 0 fully saturated rings. The van der Waals surface area contributed by atoms with Crippen LogP contribution in [0.15, 0.2) is 16.9 Å². The standard InChI is InChI=1S/C7H12BrN2O3PS/c1-3-11-14(15,12-4-2)13-10-6-7(8)5-9-10/h5-6H,3-4H2,1-2H3. The average Bonchev–Trinajstić information content (AvgIpc) is 2.51. The molecule has 1 heterocycles. The second-order valence-electron chi connectivity index (χ2n) is 2.43. The quantitative estimate of drug-likeness (QED) is 0.754. The maximum absolute atomic E-state index is 5.36. The van der Waals surface area contributed by atoms with Crippen LogP contribution >= 0.6 is 22.6 Å². The molecule has 86 valence electrons. The molecule has 1 aromatic heterocycles. The average molecular weight is 315 g/mol. The molecule has 0 radical (unpaired) electrons. The van der Waals surface area contributed by atoms with Crippen LogP contribution in [0, 0.1) is 0 Å². The smallest absolute Gasteiger partial charge is 0.315 e. The SMILES string of the molecule is CCOP(=S)(OCC)On1cc(Br)cn1. The van der Waals surface area contributed by atoms with E-state index in [1.54, 1.807) is 12.4 Å². The zero-order valence-corrected chi connectivity index (χ0v) is 11.7. The van der Waals surface area contributed by atoms with Crippen LogP contribution in [0.4, 0.5) is 0 Å². The van der Waals surface area contributed by atoms with Crippen LogP contribution in [-0.2, 0) is 20.9 Å². The van der Waals surface area contributed by atoms with Crippen LogP contribution in [0.1, 0.15) is 13.8 Å². The molecule has 0 saturated heterocycles. The summed E-state index contributed by atoms with van der Waals surface area (Å²) in [7, 11) is 0. The first-order valence-electron chi connectivity index (χ1n) is 4.39. The van der Waals surface area contributed by atoms with E-state index in [0.717, 1.165) is 4.47 Å². The minimum Gasteiger partial charge on any atom is -0.315 e. The molecule has 0 saturated carbocycles. The lowest BCUT2D eigenvalue weighted by Crippen LogP contribution is -2.13. The number of aromatic nitrogens is 2. The fourth-order valence-electron chi connectivity index (χ4n) is 0.832. The molecule has 1 aromatic rings. The van der Waals surface area contributed by atoms with Gasteiger partial charge in [0.05, 0.1) is 30.1 Å². The molecule has 0 bridgehead atoms. The van der Waals surface area contributed by atoms with Gasteiger partial charge in [-0.1, -0.05) is 4.85 Å². The predicted molar refractivity (Wildman–Crippen MR) is 64.0 cm³/mol. The van der Waals surface area contributed by atoms with Crippen molar-refractivity contribution in [3.8, 4) is 0 Å². The Balaban J connectivity index is 2.70. The van der Waals surface area contributed by atoms with E-state index in [2.05, 4.69) is 21.0 Å². The van der Waals surface area contributed by atoms with Gasteiger partial charge in [0.15, 0.2) is 0 Å². The Morgan fingerprint density at radius 3 is 2.47 bits per heavy atom. The summed E-state index contributed by atoms with van der Waals surface area (Å²) in [5.74, 6) is 0. The van der Waals surface area contributed by atoms with Crippen molar-refractivity contribution >= 4 is 34.5 Å². The lowest BCUT2D eigenvalue weighted by atomic mass is 10.8. The second-order valence-corrected chi connectivity index (χ2v) is 6.26. The van der Waals surface area contributed by atoms with E-state index in [9.17, 15) is 0 Å². The fourth-order valence-corrected chi connectivity index (χ4v) is 3.03. The molecule has 0 aliphatic heterocycles. The van der Waals surface area contributed by atoms with Crippen LogP contribution in [0.2, 0.25) is 0 Å². The summed E-state index contributed by atoms with van der Waals surface area (Å²) in [6.07, 6.45) is 3.23. The van der Waals surface area contributed by atoms with Crippen molar-refractivity contribution in [2.75, 3.05) is 13.2 Å². The van der Waals surface area contributed by atoms with Gasteiger partial charge in [-0.25, -0.2) is 0 Å². The van der Waals surface area contributed by atoms with Gasteiger partial charge in [0.1, 0.15) is 0 Å². The highest BCUT2D eigenvalue weighted by Crippen LogP contribution is 2.46. The molecule has 1 rings (SSSR count). The van der Waals surface area contributed by atoms with Gasteiger partial charge in [-0.2, -0.15) is 0 Å². The predicted octanol–water partition coefficient (Wildman–Crippen LogP) is 2.37. The van der Waals surface area contributed by atoms with Crippen molar-refractivity contribution in [2.45, 2.75) is 13.8 Å². The van der Waals surface area contributed by atoms with Crippen LogP contribution in [-0.4, -0.2) is 23.2 Å². The maximum Gasteiger partial charge on any atom is 0.402 e. The Morgan fingerprint density at radius 2 is 2.07 bits per heavy atom. The Morgan fingerprint density at radius 1 is 1.47 bits per heavy atom. The van der Waals surface area contributed by atoms with Gasteiger partial charge in [-0.3, -0.25) is 9.05 Å². The third-order valence-electron chi connectivity index (χ3n) is 1.29. The van der Waals surface area contributed by atoms with Crippen molar-refractivity contribution in [3.63, 3.8) is 0 Å². The Hall–Kier alpha value is 0.0600. The highest BCUT2D eigenvalue weighted by atomic mass is 79.9. The lowest BCUT2D eigenvalue weighted by molar-refractivity contribution is 0.138. The molecule has 0 aliphatic rings. The topological polar surface area (TPSA) is 45.5 Å². The highest BCUT2D eigenvalue weighted by molar-refractivity contribution is 9.10. The Labute approximate surface area is 102 Å². The van der Waals surface area contributed by atoms with Crippen molar-refractivity contribution < 1.29 is 13.7 Å². The molecule has 0 unspecified atom stereocenters. The van der Waals surface area contributed by atoms with Crippen LogP contribution in [0.3, 0.4) is 0 Å². The highest BCUT2D eigenvalue weighted by Gasteiger charge is 2.22. The van der Waals surface area contributed by atoms with Gasteiger partial charge in [0, 0.05) is 11.8 Å². The summed E-state index contributed by atoms with van der Waals surface area (Å²) in [5, 5.41) is 3.91. The summed E-state index contributed by atoms with van der Waals surface area (Å²) >= 11 is 8.41. The van der Waals surface area contributed by atoms with Crippen molar-refractivity contribution in [3.05, 3.63) is 16.9 Å². The van der Waals surface area contributed by atoms with Gasteiger partial charge < -0.3 is 4.62 Å². The van der Waals surface area contributed by atoms with E-state index < -0.39 is 6.72 Å². The van der Waals surface area contributed by atoms with Gasteiger partial charge in [-0.05, 0) is 29.8 Å². The molecular formula is C7H12BrN2O3PS. The molecular weight excluding hydrogens is 303 g/mol. The monoisotopic (exact) mass is 314 g/mol. The third kappa shape index (κ3) is 4.20. The minimum atomic E-state index is -2.71. The maximum atomic E-state index is 5.36. The zero-order valence-electron chi connectivity index (χ0n) is 8.42. The number of hydrogen-bond acceptors (Lipinski definition) is 5. The van der Waals surface area contributed by atoms with E-state index in [4.69, 9.17) is 25.5 Å². The molecule has 15 heavy (non-hydrogen) atoms. The summed E-state index contributed by atoms with van der Waals surface area (Å²) in [6, 6.07) is 0. The zero-order chi connectivity index (χ0) is 11.3. The lowest BCUT2D eigenvalue weighted by Gasteiger charge is -2.19. The van der Waals surface area contributed by atoms with Crippen molar-refractivity contribution in [2.24, 2.45) is 0 Å². The second kappa shape index (κ2) is 5.96. The fraction of sp³-hybridized carbons (Fsp3) is 0.571. The van der Waals surface area contributed by atoms with E-state index >= 15 is 0 Å². The first-order valence-corrected chi connectivity index (χ1v) is 7.74. The summed E-state index contributed by atoms with van der Waals surface area (Å²) in [6.45, 7) is 1.84. The number of rotatable bonds is 6. The van der Waals surface area contributed by atoms with E-state index in [-0.39, 0.29) is 0 Å². The molecule has 0 atom stereocenters. The summed E-state index contributed by atoms with van der Waals surface area (Å²) in [4.78, 5) is 1.25. The Bertz CT molecular complexity index is 350. The molecule has 0 amide bonds. The van der Waals surface area contributed by atoms with E-state index in [1.807, 2.05) is 13.8 Å². The van der Waals surface area contributed by atoms with Crippen molar-refractivity contribution in [1.29, 1.82) is 0 Å². The van der Waals surface area contributed by atoms with Crippen LogP contribution < -0.4 is 4.62 Å². The molecule has 0 aromatic carbocycles.